The van der Waals surface area contributed by atoms with Crippen LogP contribution in [-0.4, -0.2) is 70.1 Å². The van der Waals surface area contributed by atoms with Crippen LogP contribution in [0, 0.1) is 11.3 Å². The Balaban J connectivity index is 1.96. The van der Waals surface area contributed by atoms with E-state index in [1.54, 1.807) is 24.3 Å². The molecule has 0 bridgehead atoms. The van der Waals surface area contributed by atoms with E-state index in [4.69, 9.17) is 5.41 Å². The summed E-state index contributed by atoms with van der Waals surface area (Å²) in [7, 11) is -4.12. The van der Waals surface area contributed by atoms with Crippen LogP contribution >= 0.6 is 0 Å². The number of nitrogens with one attached hydrogen (secondary N) is 3. The second-order valence-corrected chi connectivity index (χ2v) is 11.1. The lowest BCUT2D eigenvalue weighted by molar-refractivity contribution is 0.0980. The van der Waals surface area contributed by atoms with Gasteiger partial charge >= 0.3 is 6.09 Å². The van der Waals surface area contributed by atoms with Crippen molar-refractivity contribution in [2.75, 3.05) is 13.1 Å². The molecule has 10 nitrogen and oxygen atoms in total. The second-order valence-electron chi connectivity index (χ2n) is 9.21. The van der Waals surface area contributed by atoms with E-state index in [1.165, 1.54) is 25.1 Å². The lowest BCUT2D eigenvalue weighted by Gasteiger charge is -2.30. The minimum absolute atomic E-state index is 0.0600. The number of aliphatic hydroxyl groups is 1. The first-order valence-corrected chi connectivity index (χ1v) is 13.0. The van der Waals surface area contributed by atoms with Gasteiger partial charge in [0.05, 0.1) is 22.6 Å². The lowest BCUT2D eigenvalue weighted by Crippen LogP contribution is -2.50. The zero-order valence-corrected chi connectivity index (χ0v) is 21.2. The summed E-state index contributed by atoms with van der Waals surface area (Å²) in [5.74, 6) is -0.295. The van der Waals surface area contributed by atoms with E-state index in [2.05, 4.69) is 10.3 Å². The molecule has 6 N–H and O–H groups in total. The number of aromatic amines is 1. The van der Waals surface area contributed by atoms with Gasteiger partial charge in [0.15, 0.2) is 5.88 Å². The van der Waals surface area contributed by atoms with E-state index in [0.717, 1.165) is 9.87 Å². The monoisotopic (exact) mass is 516 g/mol. The number of sulfonamides is 1. The van der Waals surface area contributed by atoms with Crippen LogP contribution < -0.4 is 5.32 Å². The van der Waals surface area contributed by atoms with Gasteiger partial charge in [0.25, 0.3) is 0 Å². The van der Waals surface area contributed by atoms with Gasteiger partial charge in [-0.2, -0.15) is 4.31 Å². The van der Waals surface area contributed by atoms with E-state index < -0.39 is 28.3 Å². The number of hydrogen-bond acceptors (Lipinski definition) is 6. The number of hydrogen-bond donors (Lipinski definition) is 6. The summed E-state index contributed by atoms with van der Waals surface area (Å²) in [6.07, 6.45) is -2.46. The van der Waals surface area contributed by atoms with Crippen LogP contribution in [0.2, 0.25) is 0 Å². The molecule has 36 heavy (non-hydrogen) atoms. The van der Waals surface area contributed by atoms with Crippen LogP contribution in [0.3, 0.4) is 0 Å². The average molecular weight is 517 g/mol. The van der Waals surface area contributed by atoms with Crippen LogP contribution in [0.15, 0.2) is 53.4 Å². The van der Waals surface area contributed by atoms with Crippen molar-refractivity contribution >= 4 is 32.7 Å². The molecular weight excluding hydrogens is 484 g/mol. The highest BCUT2D eigenvalue weighted by atomic mass is 32.2. The lowest BCUT2D eigenvalue weighted by atomic mass is 10.0. The van der Waals surface area contributed by atoms with Gasteiger partial charge in [0.2, 0.25) is 10.0 Å². The molecule has 0 saturated carbocycles. The van der Waals surface area contributed by atoms with E-state index in [1.807, 2.05) is 19.9 Å². The first-order chi connectivity index (χ1) is 16.9. The Kier molecular flexibility index (Phi) is 8.39. The molecule has 0 aliphatic rings. The predicted octanol–water partition coefficient (Wildman–Crippen LogP) is 3.15. The molecule has 3 aromatic rings. The van der Waals surface area contributed by atoms with Crippen LogP contribution in [0.4, 0.5) is 4.79 Å². The molecule has 0 radical (unpaired) electrons. The number of H-pyrrole nitrogens is 1. The van der Waals surface area contributed by atoms with Crippen molar-refractivity contribution in [1.82, 2.24) is 14.6 Å². The second kappa shape index (κ2) is 11.1. The van der Waals surface area contributed by atoms with Crippen LogP contribution in [-0.2, 0) is 16.4 Å². The summed E-state index contributed by atoms with van der Waals surface area (Å²) in [5, 5.41) is 41.1. The number of nitrogens with zero attached hydrogens (tertiary/aromatic N) is 1. The normalized spacial score (nSPS) is 13.7. The van der Waals surface area contributed by atoms with E-state index in [9.17, 15) is 28.5 Å². The molecule has 194 valence electrons. The summed E-state index contributed by atoms with van der Waals surface area (Å²) in [5.41, 5.74) is 1.57. The van der Waals surface area contributed by atoms with Gasteiger partial charge in [-0.15, -0.1) is 0 Å². The Hall–Kier alpha value is -3.41. The number of carbonyl (C=O) groups is 1. The van der Waals surface area contributed by atoms with Crippen molar-refractivity contribution < 1.29 is 28.5 Å². The highest BCUT2D eigenvalue weighted by Crippen LogP contribution is 2.30. The zero-order chi connectivity index (χ0) is 26.6. The number of benzene rings is 2. The average Bonchev–Trinajstić information content (AvgIpc) is 3.13. The Morgan fingerprint density at radius 1 is 1.14 bits per heavy atom. The van der Waals surface area contributed by atoms with Gasteiger partial charge in [-0.05, 0) is 43.0 Å². The van der Waals surface area contributed by atoms with Crippen molar-refractivity contribution in [3.05, 3.63) is 59.7 Å². The first-order valence-electron chi connectivity index (χ1n) is 11.5. The largest absolute Gasteiger partial charge is 0.494 e. The van der Waals surface area contributed by atoms with E-state index in [-0.39, 0.29) is 47.5 Å². The molecule has 0 fully saturated rings. The maximum absolute atomic E-state index is 13.7. The fourth-order valence-electron chi connectivity index (χ4n) is 4.17. The van der Waals surface area contributed by atoms with Gasteiger partial charge in [-0.25, -0.2) is 13.2 Å². The van der Waals surface area contributed by atoms with Crippen LogP contribution in [0.25, 0.3) is 10.9 Å². The number of carboxylic acid groups (broad SMARTS) is 1. The fraction of sp³-hybridized carbons (Fsp3) is 0.360. The maximum atomic E-state index is 13.7. The molecule has 0 spiro atoms. The molecule has 3 rings (SSSR count). The number of aromatic nitrogens is 1. The third kappa shape index (κ3) is 6.23. The zero-order valence-electron chi connectivity index (χ0n) is 20.4. The Morgan fingerprint density at radius 2 is 1.81 bits per heavy atom. The molecule has 11 heteroatoms. The van der Waals surface area contributed by atoms with Crippen molar-refractivity contribution in [2.24, 2.45) is 5.92 Å². The Morgan fingerprint density at radius 3 is 2.39 bits per heavy atom. The summed E-state index contributed by atoms with van der Waals surface area (Å²) >= 11 is 0. The molecule has 2 aromatic carbocycles. The Bertz CT molecular complexity index is 1340. The smallest absolute Gasteiger partial charge is 0.404 e. The van der Waals surface area contributed by atoms with Gasteiger partial charge in [0.1, 0.15) is 0 Å². The summed E-state index contributed by atoms with van der Waals surface area (Å²) in [4.78, 5) is 14.1. The molecule has 2 unspecified atom stereocenters. The van der Waals surface area contributed by atoms with Gasteiger partial charge in [0, 0.05) is 29.7 Å². The Labute approximate surface area is 210 Å². The quantitative estimate of drug-likeness (QED) is 0.214. The summed E-state index contributed by atoms with van der Waals surface area (Å²) in [6, 6.07) is 12.4. The SMILES string of the molecule is CC(=N)c1c(O)[nH]c2ccc(S(=O)(=O)N(CC(C)C)CC(O)C(Cc3ccccc3)NC(=O)O)cc12. The molecule has 1 aromatic heterocycles. The van der Waals surface area contributed by atoms with Crippen molar-refractivity contribution in [3.63, 3.8) is 0 Å². The third-order valence-electron chi connectivity index (χ3n) is 5.79. The van der Waals surface area contributed by atoms with Gasteiger partial charge in [-0.1, -0.05) is 44.2 Å². The number of amides is 1. The van der Waals surface area contributed by atoms with E-state index in [0.29, 0.717) is 10.9 Å². The molecule has 0 saturated heterocycles. The highest BCUT2D eigenvalue weighted by Gasteiger charge is 2.32. The molecule has 0 aliphatic heterocycles. The number of aromatic hydroxyl groups is 1. The predicted molar refractivity (Wildman–Crippen MR) is 137 cm³/mol. The van der Waals surface area contributed by atoms with Crippen molar-refractivity contribution in [2.45, 2.75) is 44.2 Å². The minimum atomic E-state index is -4.12. The van der Waals surface area contributed by atoms with Crippen molar-refractivity contribution in [3.8, 4) is 5.88 Å². The van der Waals surface area contributed by atoms with E-state index >= 15 is 0 Å². The van der Waals surface area contributed by atoms with Gasteiger partial charge in [-0.3, -0.25) is 0 Å². The van der Waals surface area contributed by atoms with Crippen molar-refractivity contribution in [1.29, 1.82) is 5.41 Å². The van der Waals surface area contributed by atoms with Crippen LogP contribution in [0.5, 0.6) is 5.88 Å². The van der Waals surface area contributed by atoms with Crippen LogP contribution in [0.1, 0.15) is 31.9 Å². The molecule has 1 amide bonds. The summed E-state index contributed by atoms with van der Waals surface area (Å²) < 4.78 is 28.5. The molecule has 2 atom stereocenters. The molecule has 1 heterocycles. The number of fused-ring (bicyclic) bond motifs is 1. The highest BCUT2D eigenvalue weighted by molar-refractivity contribution is 7.89. The topological polar surface area (TPSA) is 167 Å². The molecular formula is C25H32N4O6S. The molecule has 0 aliphatic carbocycles. The maximum Gasteiger partial charge on any atom is 0.404 e. The number of rotatable bonds is 11. The standard InChI is InChI=1S/C25H32N4O6S/c1-15(2)13-29(14-22(30)21(28-25(32)33)11-17-7-5-4-6-8-17)36(34,35)18-9-10-20-19(12-18)23(16(3)26)24(31)27-20/h4-10,12,15,21-22,26-28,30-31H,11,13-14H2,1-3H3,(H,32,33). The summed E-state index contributed by atoms with van der Waals surface area (Å²) in [6.45, 7) is 4.95. The van der Waals surface area contributed by atoms with Gasteiger partial charge < -0.3 is 31.0 Å². The fourth-order valence-corrected chi connectivity index (χ4v) is 5.82. The minimum Gasteiger partial charge on any atom is -0.494 e. The number of aliphatic hydroxyl groups excluding tert-OH is 1. The third-order valence-corrected chi connectivity index (χ3v) is 7.62. The first kappa shape index (κ1) is 27.2.